The summed E-state index contributed by atoms with van der Waals surface area (Å²) in [7, 11) is 0. The van der Waals surface area contributed by atoms with Gasteiger partial charge < -0.3 is 0 Å². The fourth-order valence-corrected chi connectivity index (χ4v) is 0.383. The van der Waals surface area contributed by atoms with Crippen LogP contribution in [0.5, 0.6) is 0 Å². The summed E-state index contributed by atoms with van der Waals surface area (Å²) in [6.07, 6.45) is 1.77. The average Bonchev–Trinajstić information content (AvgIpc) is 1.91. The summed E-state index contributed by atoms with van der Waals surface area (Å²) in [6.45, 7) is 5.60. The summed E-state index contributed by atoms with van der Waals surface area (Å²) in [5.41, 5.74) is 1.94. The molecule has 0 aliphatic heterocycles. The van der Waals surface area contributed by atoms with Gasteiger partial charge in [-0.05, 0) is 19.4 Å². The van der Waals surface area contributed by atoms with E-state index in [1.165, 1.54) is 0 Å². The molecule has 0 aliphatic carbocycles. The van der Waals surface area contributed by atoms with Crippen molar-refractivity contribution in [2.75, 3.05) is 0 Å². The van der Waals surface area contributed by atoms with Crippen molar-refractivity contribution < 1.29 is 0 Å². The maximum absolute atomic E-state index is 3.83. The topological polar surface area (TPSA) is 28.7 Å². The predicted molar refractivity (Wildman–Crippen MR) is 27.8 cm³/mol. The van der Waals surface area contributed by atoms with Gasteiger partial charge in [0.1, 0.15) is 0 Å². The van der Waals surface area contributed by atoms with Gasteiger partial charge >= 0.3 is 0 Å². The van der Waals surface area contributed by atoms with Crippen LogP contribution in [0.15, 0.2) is 6.20 Å². The number of nitrogens with zero attached hydrogens (tertiary/aromatic N) is 1. The first-order valence-electron chi connectivity index (χ1n) is 2.13. The van der Waals surface area contributed by atoms with Crippen molar-refractivity contribution >= 4 is 0 Å². The second-order valence-corrected chi connectivity index (χ2v) is 1.50. The Morgan fingerprint density at radius 2 is 2.57 bits per heavy atom. The van der Waals surface area contributed by atoms with E-state index in [0.29, 0.717) is 0 Å². The molecular weight excluding hydrogens is 88.1 g/mol. The highest BCUT2D eigenvalue weighted by molar-refractivity contribution is 5.16. The Morgan fingerprint density at radius 3 is 2.71 bits per heavy atom. The molecule has 0 saturated heterocycles. The van der Waals surface area contributed by atoms with Crippen molar-refractivity contribution in [1.29, 1.82) is 0 Å². The van der Waals surface area contributed by atoms with Gasteiger partial charge in [0, 0.05) is 6.20 Å². The summed E-state index contributed by atoms with van der Waals surface area (Å²) in [5.74, 6) is 0. The highest BCUT2D eigenvalue weighted by Crippen LogP contribution is 1.96. The molecule has 2 nitrogen and oxygen atoms in total. The molecule has 1 rings (SSSR count). The van der Waals surface area contributed by atoms with E-state index in [9.17, 15) is 0 Å². The second kappa shape index (κ2) is 1.37. The molecule has 1 heterocycles. The van der Waals surface area contributed by atoms with Gasteiger partial charge in [-0.3, -0.25) is 5.10 Å². The van der Waals surface area contributed by atoms with Crippen LogP contribution in [0.1, 0.15) is 11.3 Å². The minimum Gasteiger partial charge on any atom is -0.285 e. The molecule has 0 bridgehead atoms. The van der Waals surface area contributed by atoms with Crippen LogP contribution in [0.4, 0.5) is 0 Å². The fourth-order valence-electron chi connectivity index (χ4n) is 0.383. The fraction of sp³-hybridized carbons (Fsp3) is 0.200. The summed E-state index contributed by atoms with van der Waals surface area (Å²) in [5, 5.41) is 6.51. The molecule has 7 heavy (non-hydrogen) atoms. The lowest BCUT2D eigenvalue weighted by Crippen LogP contribution is -1.70. The monoisotopic (exact) mass is 95.1 g/mol. The third-order valence-corrected chi connectivity index (χ3v) is 0.936. The number of rotatable bonds is 0. The van der Waals surface area contributed by atoms with Crippen LogP contribution >= 0.6 is 0 Å². The van der Waals surface area contributed by atoms with Crippen molar-refractivity contribution in [2.45, 2.75) is 6.92 Å². The predicted octanol–water partition coefficient (Wildman–Crippen LogP) is 0.900. The average molecular weight is 95.1 g/mol. The van der Waals surface area contributed by atoms with E-state index >= 15 is 0 Å². The smallest absolute Gasteiger partial charge is 0.0623 e. The van der Waals surface area contributed by atoms with Crippen LogP contribution in [-0.2, 0) is 0 Å². The van der Waals surface area contributed by atoms with E-state index in [4.69, 9.17) is 0 Å². The van der Waals surface area contributed by atoms with Crippen molar-refractivity contribution in [3.05, 3.63) is 24.4 Å². The molecule has 0 atom stereocenters. The normalized spacial score (nSPS) is 9.43. The van der Waals surface area contributed by atoms with Gasteiger partial charge in [-0.15, -0.1) is 0 Å². The van der Waals surface area contributed by atoms with Crippen molar-refractivity contribution in [2.24, 2.45) is 0 Å². The van der Waals surface area contributed by atoms with Crippen LogP contribution in [0.3, 0.4) is 0 Å². The Morgan fingerprint density at radius 1 is 1.86 bits per heavy atom. The van der Waals surface area contributed by atoms with E-state index in [1.807, 2.05) is 6.92 Å². The van der Waals surface area contributed by atoms with Gasteiger partial charge in [0.25, 0.3) is 0 Å². The molecule has 0 unspecified atom stereocenters. The van der Waals surface area contributed by atoms with Gasteiger partial charge in [0.15, 0.2) is 0 Å². The first kappa shape index (κ1) is 4.37. The number of H-pyrrole nitrogens is 1. The molecule has 0 fully saturated rings. The molecule has 0 saturated carbocycles. The lowest BCUT2D eigenvalue weighted by Gasteiger charge is -1.76. The molecule has 0 amide bonds. The van der Waals surface area contributed by atoms with Crippen LogP contribution in [0.25, 0.3) is 0 Å². The summed E-state index contributed by atoms with van der Waals surface area (Å²) in [4.78, 5) is 0. The molecule has 0 aliphatic rings. The van der Waals surface area contributed by atoms with Crippen LogP contribution in [-0.4, -0.2) is 10.2 Å². The van der Waals surface area contributed by atoms with Crippen molar-refractivity contribution in [1.82, 2.24) is 10.2 Å². The first-order valence-corrected chi connectivity index (χ1v) is 2.13. The first-order chi connectivity index (χ1) is 3.30. The molecular formula is C5H7N2. The highest BCUT2D eigenvalue weighted by Gasteiger charge is 1.88. The Labute approximate surface area is 42.6 Å². The lowest BCUT2D eigenvalue weighted by atomic mass is 10.3. The number of aromatic nitrogens is 2. The third kappa shape index (κ3) is 0.633. The largest absolute Gasteiger partial charge is 0.285 e. The lowest BCUT2D eigenvalue weighted by molar-refractivity contribution is 1.05. The van der Waals surface area contributed by atoms with E-state index in [2.05, 4.69) is 17.1 Å². The van der Waals surface area contributed by atoms with Crippen LogP contribution in [0, 0.1) is 13.8 Å². The summed E-state index contributed by atoms with van der Waals surface area (Å²) < 4.78 is 0. The number of hydrogen-bond acceptors (Lipinski definition) is 1. The van der Waals surface area contributed by atoms with E-state index in [0.717, 1.165) is 11.3 Å². The summed E-state index contributed by atoms with van der Waals surface area (Å²) in [6, 6.07) is 0. The molecule has 1 radical (unpaired) electrons. The Bertz CT molecular complexity index is 138. The quantitative estimate of drug-likeness (QED) is 0.509. The maximum atomic E-state index is 3.83. The van der Waals surface area contributed by atoms with Crippen molar-refractivity contribution in [3.63, 3.8) is 0 Å². The molecule has 1 aromatic rings. The highest BCUT2D eigenvalue weighted by atomic mass is 15.1. The van der Waals surface area contributed by atoms with Gasteiger partial charge in [0.05, 0.1) is 5.69 Å². The number of hydrogen-bond donors (Lipinski definition) is 1. The SMILES string of the molecule is [CH2]c1c[nH]nc1C. The second-order valence-electron chi connectivity index (χ2n) is 1.50. The van der Waals surface area contributed by atoms with Gasteiger partial charge in [-0.25, -0.2) is 0 Å². The van der Waals surface area contributed by atoms with Gasteiger partial charge in [-0.1, -0.05) is 0 Å². The molecule has 37 valence electrons. The Kier molecular flexibility index (Phi) is 0.855. The van der Waals surface area contributed by atoms with Gasteiger partial charge in [0.2, 0.25) is 0 Å². The van der Waals surface area contributed by atoms with Crippen LogP contribution in [0.2, 0.25) is 0 Å². The number of nitrogens with one attached hydrogen (secondary N) is 1. The zero-order valence-corrected chi connectivity index (χ0v) is 4.23. The summed E-state index contributed by atoms with van der Waals surface area (Å²) >= 11 is 0. The number of aryl methyl sites for hydroxylation is 1. The van der Waals surface area contributed by atoms with Gasteiger partial charge in [-0.2, -0.15) is 5.10 Å². The Hall–Kier alpha value is -0.790. The zero-order chi connectivity index (χ0) is 5.28. The Balaban J connectivity index is 3.12. The van der Waals surface area contributed by atoms with E-state index in [-0.39, 0.29) is 0 Å². The minimum atomic E-state index is 0.972. The standard InChI is InChI=1S/C5H7N2/c1-4-3-6-7-5(4)2/h3H,1H2,2H3,(H,6,7). The van der Waals surface area contributed by atoms with E-state index < -0.39 is 0 Å². The van der Waals surface area contributed by atoms with Crippen molar-refractivity contribution in [3.8, 4) is 0 Å². The number of aromatic amines is 1. The minimum absolute atomic E-state index is 0.972. The molecule has 1 N–H and O–H groups in total. The maximum Gasteiger partial charge on any atom is 0.0623 e. The van der Waals surface area contributed by atoms with Crippen LogP contribution < -0.4 is 0 Å². The molecule has 2 heteroatoms. The molecule has 0 spiro atoms. The molecule has 1 aromatic heterocycles. The zero-order valence-electron chi connectivity index (χ0n) is 4.23. The third-order valence-electron chi connectivity index (χ3n) is 0.936. The molecule has 0 aromatic carbocycles. The van der Waals surface area contributed by atoms with E-state index in [1.54, 1.807) is 6.20 Å².